The molecule has 1 saturated heterocycles. The fourth-order valence-corrected chi connectivity index (χ4v) is 4.24. The van der Waals surface area contributed by atoms with E-state index >= 15 is 0 Å². The number of benzene rings is 2. The molecule has 4 rings (SSSR count). The molecule has 1 aromatic heterocycles. The number of hydrogen-bond acceptors (Lipinski definition) is 4. The van der Waals surface area contributed by atoms with Crippen LogP contribution in [0, 0.1) is 13.8 Å². The van der Waals surface area contributed by atoms with Crippen molar-refractivity contribution in [3.8, 4) is 5.75 Å². The highest BCUT2D eigenvalue weighted by molar-refractivity contribution is 5.89. The minimum atomic E-state index is 0.0715. The van der Waals surface area contributed by atoms with Gasteiger partial charge in [-0.15, -0.1) is 0 Å². The van der Waals surface area contributed by atoms with E-state index in [2.05, 4.69) is 48.3 Å². The first-order chi connectivity index (χ1) is 14.5. The van der Waals surface area contributed by atoms with Crippen molar-refractivity contribution in [3.63, 3.8) is 0 Å². The molecule has 0 saturated carbocycles. The number of nitrogens with one attached hydrogen (secondary N) is 1. The molecule has 5 heteroatoms. The van der Waals surface area contributed by atoms with Crippen LogP contribution in [0.2, 0.25) is 0 Å². The third-order valence-electron chi connectivity index (χ3n) is 6.19. The summed E-state index contributed by atoms with van der Waals surface area (Å²) in [5, 5.41) is 4.27. The van der Waals surface area contributed by atoms with Gasteiger partial charge in [-0.3, -0.25) is 9.69 Å². The zero-order valence-electron chi connectivity index (χ0n) is 18.0. The number of methoxy groups -OCH3 is 1. The zero-order valence-corrected chi connectivity index (χ0v) is 18.0. The van der Waals surface area contributed by atoms with Gasteiger partial charge in [-0.25, -0.2) is 0 Å². The molecule has 0 bridgehead atoms. The van der Waals surface area contributed by atoms with Crippen LogP contribution in [0.15, 0.2) is 47.1 Å². The van der Waals surface area contributed by atoms with E-state index in [4.69, 9.17) is 9.15 Å². The standard InChI is InChI=1S/C25H30N2O3/c1-17-7-8-23-20(16-30-25(23)18(17)2)14-24(28)26-21-9-11-27(12-10-21)15-19-5-4-6-22(13-19)29-3/h4-8,13,16,21H,9-12,14-15H2,1-3H3,(H,26,28). The number of likely N-dealkylation sites (tertiary alicyclic amines) is 1. The number of amides is 1. The first kappa shape index (κ1) is 20.5. The number of fused-ring (bicyclic) bond motifs is 1. The summed E-state index contributed by atoms with van der Waals surface area (Å²) in [7, 11) is 1.70. The van der Waals surface area contributed by atoms with Crippen molar-refractivity contribution in [2.24, 2.45) is 0 Å². The van der Waals surface area contributed by atoms with Gasteiger partial charge in [-0.1, -0.05) is 24.3 Å². The number of carbonyl (C=O) groups is 1. The predicted molar refractivity (Wildman–Crippen MR) is 119 cm³/mol. The van der Waals surface area contributed by atoms with Crippen molar-refractivity contribution in [2.75, 3.05) is 20.2 Å². The van der Waals surface area contributed by atoms with Crippen LogP contribution < -0.4 is 10.1 Å². The molecule has 1 fully saturated rings. The summed E-state index contributed by atoms with van der Waals surface area (Å²) in [6.45, 7) is 7.01. The number of aryl methyl sites for hydroxylation is 2. The number of piperidine rings is 1. The van der Waals surface area contributed by atoms with Gasteiger partial charge in [0.2, 0.25) is 5.91 Å². The number of hydrogen-bond donors (Lipinski definition) is 1. The normalized spacial score (nSPS) is 15.4. The number of nitrogens with zero attached hydrogens (tertiary/aromatic N) is 1. The van der Waals surface area contributed by atoms with Gasteiger partial charge < -0.3 is 14.5 Å². The minimum absolute atomic E-state index is 0.0715. The maximum absolute atomic E-state index is 12.6. The summed E-state index contributed by atoms with van der Waals surface area (Å²) in [6.07, 6.45) is 4.03. The molecule has 2 aromatic carbocycles. The molecule has 0 atom stereocenters. The first-order valence-corrected chi connectivity index (χ1v) is 10.6. The Morgan fingerprint density at radius 2 is 2.00 bits per heavy atom. The van der Waals surface area contributed by atoms with Crippen LogP contribution >= 0.6 is 0 Å². The van der Waals surface area contributed by atoms with Gasteiger partial charge in [0, 0.05) is 36.6 Å². The SMILES string of the molecule is COc1cccc(CN2CCC(NC(=O)Cc3coc4c(C)c(C)ccc34)CC2)c1. The van der Waals surface area contributed by atoms with Crippen LogP contribution in [0.5, 0.6) is 5.75 Å². The molecule has 30 heavy (non-hydrogen) atoms. The molecule has 5 nitrogen and oxygen atoms in total. The van der Waals surface area contributed by atoms with E-state index in [1.807, 2.05) is 12.1 Å². The van der Waals surface area contributed by atoms with Gasteiger partial charge in [0.1, 0.15) is 11.3 Å². The Morgan fingerprint density at radius 3 is 2.77 bits per heavy atom. The lowest BCUT2D eigenvalue weighted by molar-refractivity contribution is -0.121. The van der Waals surface area contributed by atoms with Crippen LogP contribution in [0.3, 0.4) is 0 Å². The van der Waals surface area contributed by atoms with Crippen molar-refractivity contribution >= 4 is 16.9 Å². The Bertz CT molecular complexity index is 1030. The Kier molecular flexibility index (Phi) is 6.09. The van der Waals surface area contributed by atoms with Crippen molar-refractivity contribution in [1.29, 1.82) is 0 Å². The van der Waals surface area contributed by atoms with Crippen molar-refractivity contribution in [2.45, 2.75) is 45.7 Å². The molecule has 158 valence electrons. The number of furan rings is 1. The van der Waals surface area contributed by atoms with E-state index in [-0.39, 0.29) is 11.9 Å². The Hall–Kier alpha value is -2.79. The smallest absolute Gasteiger partial charge is 0.224 e. The largest absolute Gasteiger partial charge is 0.497 e. The third-order valence-corrected chi connectivity index (χ3v) is 6.19. The number of rotatable bonds is 6. The van der Waals surface area contributed by atoms with Crippen LogP contribution in [-0.4, -0.2) is 37.0 Å². The van der Waals surface area contributed by atoms with Crippen LogP contribution in [0.1, 0.15) is 35.1 Å². The Labute approximate surface area is 178 Å². The molecule has 1 N–H and O–H groups in total. The monoisotopic (exact) mass is 406 g/mol. The molecule has 0 radical (unpaired) electrons. The van der Waals surface area contributed by atoms with Crippen molar-refractivity contribution < 1.29 is 13.9 Å². The quantitative estimate of drug-likeness (QED) is 0.660. The van der Waals surface area contributed by atoms with Gasteiger partial charge in [0.15, 0.2) is 0 Å². The predicted octanol–water partition coefficient (Wildman–Crippen LogP) is 4.38. The lowest BCUT2D eigenvalue weighted by Gasteiger charge is -2.32. The van der Waals surface area contributed by atoms with E-state index in [0.717, 1.165) is 60.3 Å². The van der Waals surface area contributed by atoms with E-state index in [1.165, 1.54) is 11.1 Å². The van der Waals surface area contributed by atoms with E-state index in [1.54, 1.807) is 13.4 Å². The molecule has 0 unspecified atom stereocenters. The first-order valence-electron chi connectivity index (χ1n) is 10.6. The maximum atomic E-state index is 12.6. The second-order valence-corrected chi connectivity index (χ2v) is 8.29. The summed E-state index contributed by atoms with van der Waals surface area (Å²) in [5.74, 6) is 0.967. The highest BCUT2D eigenvalue weighted by atomic mass is 16.5. The zero-order chi connectivity index (χ0) is 21.1. The molecule has 1 aliphatic rings. The fraction of sp³-hybridized carbons (Fsp3) is 0.400. The summed E-state index contributed by atoms with van der Waals surface area (Å²) in [5.41, 5.74) is 5.45. The van der Waals surface area contributed by atoms with Crippen molar-refractivity contribution in [1.82, 2.24) is 10.2 Å². The van der Waals surface area contributed by atoms with E-state index in [0.29, 0.717) is 6.42 Å². The van der Waals surface area contributed by atoms with E-state index in [9.17, 15) is 4.79 Å². The average molecular weight is 407 g/mol. The average Bonchev–Trinajstić information content (AvgIpc) is 3.15. The molecular formula is C25H30N2O3. The highest BCUT2D eigenvalue weighted by Crippen LogP contribution is 2.27. The second kappa shape index (κ2) is 8.92. The summed E-state index contributed by atoms with van der Waals surface area (Å²) >= 11 is 0. The van der Waals surface area contributed by atoms with Gasteiger partial charge in [-0.2, -0.15) is 0 Å². The van der Waals surface area contributed by atoms with Crippen LogP contribution in [-0.2, 0) is 17.8 Å². The lowest BCUT2D eigenvalue weighted by Crippen LogP contribution is -2.44. The van der Waals surface area contributed by atoms with Gasteiger partial charge in [0.05, 0.1) is 19.8 Å². The van der Waals surface area contributed by atoms with Crippen LogP contribution in [0.25, 0.3) is 11.0 Å². The van der Waals surface area contributed by atoms with Gasteiger partial charge in [0.25, 0.3) is 0 Å². The summed E-state index contributed by atoms with van der Waals surface area (Å²) in [4.78, 5) is 15.1. The molecule has 3 aromatic rings. The fourth-order valence-electron chi connectivity index (χ4n) is 4.24. The highest BCUT2D eigenvalue weighted by Gasteiger charge is 2.21. The second-order valence-electron chi connectivity index (χ2n) is 8.29. The van der Waals surface area contributed by atoms with Gasteiger partial charge >= 0.3 is 0 Å². The molecule has 1 amide bonds. The third kappa shape index (κ3) is 4.51. The molecule has 1 aliphatic heterocycles. The lowest BCUT2D eigenvalue weighted by atomic mass is 10.0. The summed E-state index contributed by atoms with van der Waals surface area (Å²) < 4.78 is 11.1. The number of ether oxygens (including phenoxy) is 1. The maximum Gasteiger partial charge on any atom is 0.224 e. The van der Waals surface area contributed by atoms with Gasteiger partial charge in [-0.05, 0) is 55.5 Å². The molecule has 2 heterocycles. The molecule has 0 aliphatic carbocycles. The van der Waals surface area contributed by atoms with E-state index < -0.39 is 0 Å². The Balaban J connectivity index is 1.29. The number of carbonyl (C=O) groups excluding carboxylic acids is 1. The minimum Gasteiger partial charge on any atom is -0.497 e. The molecular weight excluding hydrogens is 376 g/mol. The topological polar surface area (TPSA) is 54.7 Å². The summed E-state index contributed by atoms with van der Waals surface area (Å²) in [6, 6.07) is 12.6. The Morgan fingerprint density at radius 1 is 1.20 bits per heavy atom. The van der Waals surface area contributed by atoms with Crippen LogP contribution in [0.4, 0.5) is 0 Å². The van der Waals surface area contributed by atoms with Crippen molar-refractivity contribution in [3.05, 3.63) is 64.9 Å². The molecule has 0 spiro atoms.